The summed E-state index contributed by atoms with van der Waals surface area (Å²) in [7, 11) is 0. The van der Waals surface area contributed by atoms with Crippen LogP contribution < -0.4 is 10.6 Å². The van der Waals surface area contributed by atoms with Gasteiger partial charge in [0.15, 0.2) is 5.76 Å². The van der Waals surface area contributed by atoms with Crippen LogP contribution in [-0.4, -0.2) is 16.8 Å². The average Bonchev–Trinajstić information content (AvgIpc) is 3.32. The van der Waals surface area contributed by atoms with Crippen LogP contribution in [0.4, 0.5) is 24.5 Å². The van der Waals surface area contributed by atoms with Gasteiger partial charge < -0.3 is 15.1 Å². The zero-order valence-corrected chi connectivity index (χ0v) is 16.9. The lowest BCUT2D eigenvalue weighted by Gasteiger charge is -2.15. The number of hydrogen-bond donors (Lipinski definition) is 2. The van der Waals surface area contributed by atoms with E-state index in [0.717, 1.165) is 34.9 Å². The molecule has 2 aromatic heterocycles. The highest BCUT2D eigenvalue weighted by Crippen LogP contribution is 2.37. The van der Waals surface area contributed by atoms with Crippen LogP contribution in [0.2, 0.25) is 0 Å². The number of nitrogens with one attached hydrogen (secondary N) is 2. The van der Waals surface area contributed by atoms with Crippen molar-refractivity contribution >= 4 is 34.5 Å². The molecule has 0 aliphatic carbocycles. The molecule has 3 aromatic rings. The van der Waals surface area contributed by atoms with Gasteiger partial charge in [-0.15, -0.1) is 11.3 Å². The third-order valence-corrected chi connectivity index (χ3v) is 5.30. The number of aromatic nitrogens is 1. The van der Waals surface area contributed by atoms with Gasteiger partial charge in [-0.1, -0.05) is 6.92 Å². The molecule has 0 fully saturated rings. The van der Waals surface area contributed by atoms with Crippen LogP contribution in [0.15, 0.2) is 41.0 Å². The zero-order chi connectivity index (χ0) is 21.9. The summed E-state index contributed by atoms with van der Waals surface area (Å²) in [6.07, 6.45) is -1.93. The maximum atomic E-state index is 13.6. The van der Waals surface area contributed by atoms with Gasteiger partial charge in [0.2, 0.25) is 0 Å². The van der Waals surface area contributed by atoms with Gasteiger partial charge in [0.1, 0.15) is 4.88 Å². The Bertz CT molecular complexity index is 1060. The number of furan rings is 1. The third kappa shape index (κ3) is 4.88. The predicted octanol–water partition coefficient (Wildman–Crippen LogP) is 5.52. The molecule has 0 bridgehead atoms. The van der Waals surface area contributed by atoms with Crippen molar-refractivity contribution in [2.24, 2.45) is 0 Å². The summed E-state index contributed by atoms with van der Waals surface area (Å²) in [5.74, 6) is -1.39. The summed E-state index contributed by atoms with van der Waals surface area (Å²) in [4.78, 5) is 29.1. The summed E-state index contributed by atoms with van der Waals surface area (Å²) >= 11 is 1.16. The Morgan fingerprint density at radius 3 is 2.57 bits per heavy atom. The van der Waals surface area contributed by atoms with E-state index in [9.17, 15) is 22.8 Å². The smallest absolute Gasteiger partial charge is 0.418 e. The van der Waals surface area contributed by atoms with Gasteiger partial charge in [0.25, 0.3) is 11.8 Å². The molecule has 1 aromatic carbocycles. The number of hydrogen-bond acceptors (Lipinski definition) is 5. The summed E-state index contributed by atoms with van der Waals surface area (Å²) in [5.41, 5.74) is -1.10. The number of alkyl halides is 3. The van der Waals surface area contributed by atoms with Crippen molar-refractivity contribution in [3.8, 4) is 0 Å². The van der Waals surface area contributed by atoms with Gasteiger partial charge in [0, 0.05) is 5.69 Å². The SMILES string of the molecule is CCCc1nc(C)c(C(=O)Nc2ccc(NC(=O)c3ccco3)cc2C(F)(F)F)s1. The Balaban J connectivity index is 1.85. The molecule has 0 unspecified atom stereocenters. The second-order valence-electron chi connectivity index (χ2n) is 6.42. The number of nitrogens with zero attached hydrogens (tertiary/aromatic N) is 1. The molecule has 158 valence electrons. The van der Waals surface area contributed by atoms with Gasteiger partial charge in [-0.05, 0) is 50.1 Å². The molecule has 0 atom stereocenters. The maximum absolute atomic E-state index is 13.6. The van der Waals surface area contributed by atoms with Crippen molar-refractivity contribution < 1.29 is 27.2 Å². The Morgan fingerprint density at radius 2 is 1.93 bits per heavy atom. The molecular weight excluding hydrogens is 419 g/mol. The van der Waals surface area contributed by atoms with E-state index in [1.54, 1.807) is 6.92 Å². The summed E-state index contributed by atoms with van der Waals surface area (Å²) in [6, 6.07) is 6.01. The van der Waals surface area contributed by atoms with E-state index in [-0.39, 0.29) is 16.3 Å². The lowest BCUT2D eigenvalue weighted by molar-refractivity contribution is -0.136. The first-order valence-electron chi connectivity index (χ1n) is 9.02. The fourth-order valence-corrected chi connectivity index (χ4v) is 3.79. The van der Waals surface area contributed by atoms with Crippen LogP contribution >= 0.6 is 11.3 Å². The number of amides is 2. The summed E-state index contributed by atoms with van der Waals surface area (Å²) < 4.78 is 45.7. The molecule has 0 saturated heterocycles. The lowest BCUT2D eigenvalue weighted by Crippen LogP contribution is -2.18. The van der Waals surface area contributed by atoms with Gasteiger partial charge in [-0.3, -0.25) is 9.59 Å². The third-order valence-electron chi connectivity index (χ3n) is 4.09. The highest BCUT2D eigenvalue weighted by Gasteiger charge is 2.35. The minimum absolute atomic E-state index is 0.0375. The molecule has 6 nitrogen and oxygen atoms in total. The number of carbonyl (C=O) groups is 2. The van der Waals surface area contributed by atoms with Crippen molar-refractivity contribution in [2.45, 2.75) is 32.9 Å². The van der Waals surface area contributed by atoms with Crippen molar-refractivity contribution in [2.75, 3.05) is 10.6 Å². The number of benzene rings is 1. The standard InChI is InChI=1S/C20H18F3N3O3S/c1-3-5-16-24-11(2)17(30-16)19(28)26-14-8-7-12(10-13(14)20(21,22)23)25-18(27)15-6-4-9-29-15/h4,6-10H,3,5H2,1-2H3,(H,25,27)(H,26,28). The fraction of sp³-hybridized carbons (Fsp3) is 0.250. The van der Waals surface area contributed by atoms with Crippen LogP contribution in [0, 0.1) is 6.92 Å². The van der Waals surface area contributed by atoms with E-state index < -0.39 is 29.2 Å². The Hall–Kier alpha value is -3.14. The summed E-state index contributed by atoms with van der Waals surface area (Å²) in [5, 5.41) is 5.42. The number of aryl methyl sites for hydroxylation is 2. The van der Waals surface area contributed by atoms with E-state index in [1.807, 2.05) is 6.92 Å². The van der Waals surface area contributed by atoms with Crippen LogP contribution in [0.25, 0.3) is 0 Å². The Labute approximate surface area is 174 Å². The second kappa shape index (κ2) is 8.70. The minimum atomic E-state index is -4.75. The van der Waals surface area contributed by atoms with Crippen molar-refractivity contribution in [3.05, 3.63) is 63.5 Å². The van der Waals surface area contributed by atoms with Crippen molar-refractivity contribution in [1.29, 1.82) is 0 Å². The Kier molecular flexibility index (Phi) is 6.25. The topological polar surface area (TPSA) is 84.2 Å². The molecule has 0 saturated carbocycles. The maximum Gasteiger partial charge on any atom is 0.418 e. The minimum Gasteiger partial charge on any atom is -0.459 e. The molecule has 2 amide bonds. The Morgan fingerprint density at radius 1 is 1.17 bits per heavy atom. The number of rotatable bonds is 6. The van der Waals surface area contributed by atoms with Crippen molar-refractivity contribution in [1.82, 2.24) is 4.98 Å². The number of anilines is 2. The molecular formula is C20H18F3N3O3S. The fourth-order valence-electron chi connectivity index (χ4n) is 2.73. The van der Waals surface area contributed by atoms with Crippen LogP contribution in [-0.2, 0) is 12.6 Å². The molecule has 0 aliphatic rings. The highest BCUT2D eigenvalue weighted by molar-refractivity contribution is 7.13. The van der Waals surface area contributed by atoms with Crippen molar-refractivity contribution in [3.63, 3.8) is 0 Å². The average molecular weight is 437 g/mol. The first-order valence-corrected chi connectivity index (χ1v) is 9.84. The van der Waals surface area contributed by atoms with Gasteiger partial charge in [-0.25, -0.2) is 4.98 Å². The predicted molar refractivity (Wildman–Crippen MR) is 107 cm³/mol. The normalized spacial score (nSPS) is 11.4. The zero-order valence-electron chi connectivity index (χ0n) is 16.1. The van der Waals surface area contributed by atoms with E-state index in [0.29, 0.717) is 12.1 Å². The van der Waals surface area contributed by atoms with Crippen LogP contribution in [0.1, 0.15) is 49.8 Å². The van der Waals surface area contributed by atoms with Gasteiger partial charge >= 0.3 is 6.18 Å². The number of thiazole rings is 1. The van der Waals surface area contributed by atoms with E-state index in [4.69, 9.17) is 4.42 Å². The molecule has 0 radical (unpaired) electrons. The second-order valence-corrected chi connectivity index (χ2v) is 7.50. The van der Waals surface area contributed by atoms with Crippen LogP contribution in [0.5, 0.6) is 0 Å². The van der Waals surface area contributed by atoms with E-state index >= 15 is 0 Å². The monoisotopic (exact) mass is 437 g/mol. The van der Waals surface area contributed by atoms with E-state index in [2.05, 4.69) is 15.6 Å². The number of carbonyl (C=O) groups excluding carboxylic acids is 2. The molecule has 0 aliphatic heterocycles. The molecule has 2 N–H and O–H groups in total. The first kappa shape index (κ1) is 21.6. The summed E-state index contributed by atoms with van der Waals surface area (Å²) in [6.45, 7) is 3.61. The quantitative estimate of drug-likeness (QED) is 0.532. The molecule has 0 spiro atoms. The molecule has 3 rings (SSSR count). The highest BCUT2D eigenvalue weighted by atomic mass is 32.1. The first-order chi connectivity index (χ1) is 14.2. The molecule has 10 heteroatoms. The van der Waals surface area contributed by atoms with E-state index in [1.165, 1.54) is 24.5 Å². The molecule has 2 heterocycles. The van der Waals surface area contributed by atoms with Crippen LogP contribution in [0.3, 0.4) is 0 Å². The largest absolute Gasteiger partial charge is 0.459 e. The van der Waals surface area contributed by atoms with Gasteiger partial charge in [0.05, 0.1) is 28.2 Å². The lowest BCUT2D eigenvalue weighted by atomic mass is 10.1. The number of halogens is 3. The molecule has 30 heavy (non-hydrogen) atoms. The van der Waals surface area contributed by atoms with Gasteiger partial charge in [-0.2, -0.15) is 13.2 Å².